The van der Waals surface area contributed by atoms with Gasteiger partial charge in [-0.15, -0.1) is 4.40 Å². The van der Waals surface area contributed by atoms with E-state index in [0.717, 1.165) is 4.31 Å². The van der Waals surface area contributed by atoms with E-state index in [9.17, 15) is 17.6 Å². The Hall–Kier alpha value is -4.06. The van der Waals surface area contributed by atoms with Gasteiger partial charge >= 0.3 is 16.2 Å². The first-order chi connectivity index (χ1) is 16.2. The van der Waals surface area contributed by atoms with E-state index in [2.05, 4.69) is 14.5 Å². The van der Waals surface area contributed by atoms with Crippen LogP contribution in [0.1, 0.15) is 18.4 Å². The summed E-state index contributed by atoms with van der Waals surface area (Å²) in [5.41, 5.74) is 1.02. The highest BCUT2D eigenvalue weighted by atomic mass is 32.2. The Morgan fingerprint density at radius 3 is 2.65 bits per heavy atom. The highest BCUT2D eigenvalue weighted by Gasteiger charge is 2.29. The Balaban J connectivity index is 1.46. The van der Waals surface area contributed by atoms with E-state index in [1.54, 1.807) is 30.3 Å². The molecule has 0 spiro atoms. The summed E-state index contributed by atoms with van der Waals surface area (Å²) in [6, 6.07) is 12.4. The van der Waals surface area contributed by atoms with Gasteiger partial charge < -0.3 is 14.0 Å². The van der Waals surface area contributed by atoms with Crippen molar-refractivity contribution in [1.29, 1.82) is 0 Å². The zero-order valence-corrected chi connectivity index (χ0v) is 19.0. The standard InChI is InChI=1S/C22H19FN4O6S/c1-14-19(12-27(34(29,30)26-14)11-15-6-8-18(31-2)9-7-15)22(28)32-13-20-24-21(25-33-20)16-4-3-5-17(23)10-16/h3-10,12H,11,13H2,1-2H3. The normalized spacial score (nSPS) is 14.9. The molecule has 0 saturated heterocycles. The summed E-state index contributed by atoms with van der Waals surface area (Å²) < 4.78 is 58.3. The summed E-state index contributed by atoms with van der Waals surface area (Å²) in [6.45, 7) is 0.988. The molecule has 0 unspecified atom stereocenters. The Labute approximate surface area is 194 Å². The third kappa shape index (κ3) is 5.12. The average Bonchev–Trinajstić information content (AvgIpc) is 3.28. The largest absolute Gasteiger partial charge is 0.497 e. The molecule has 0 bridgehead atoms. The quantitative estimate of drug-likeness (QED) is 0.467. The van der Waals surface area contributed by atoms with Crippen LogP contribution in [0.4, 0.5) is 4.39 Å². The fraction of sp³-hybridized carbons (Fsp3) is 0.182. The van der Waals surface area contributed by atoms with Crippen LogP contribution in [0.2, 0.25) is 0 Å². The lowest BCUT2D eigenvalue weighted by Crippen LogP contribution is -2.31. The van der Waals surface area contributed by atoms with Gasteiger partial charge in [-0.05, 0) is 36.8 Å². The van der Waals surface area contributed by atoms with Crippen LogP contribution in [0.25, 0.3) is 11.4 Å². The van der Waals surface area contributed by atoms with Crippen LogP contribution in [0.15, 0.2) is 69.2 Å². The molecule has 2 heterocycles. The van der Waals surface area contributed by atoms with Crippen molar-refractivity contribution in [2.24, 2.45) is 4.40 Å². The fourth-order valence-corrected chi connectivity index (χ4v) is 4.18. The van der Waals surface area contributed by atoms with E-state index in [-0.39, 0.29) is 36.2 Å². The summed E-state index contributed by atoms with van der Waals surface area (Å²) in [5, 5.41) is 3.74. The molecule has 0 fully saturated rings. The molecule has 12 heteroatoms. The molecule has 0 amide bonds. The van der Waals surface area contributed by atoms with E-state index in [4.69, 9.17) is 14.0 Å². The zero-order valence-electron chi connectivity index (χ0n) is 18.1. The Bertz CT molecular complexity index is 1380. The van der Waals surface area contributed by atoms with Gasteiger partial charge in [0.05, 0.1) is 24.9 Å². The Kier molecular flexibility index (Phi) is 6.41. The predicted octanol–water partition coefficient (Wildman–Crippen LogP) is 3.03. The molecule has 1 aliphatic heterocycles. The minimum Gasteiger partial charge on any atom is -0.497 e. The molecule has 4 rings (SSSR count). The summed E-state index contributed by atoms with van der Waals surface area (Å²) in [6.07, 6.45) is 1.18. The number of rotatable bonds is 7. The maximum atomic E-state index is 13.4. The second kappa shape index (κ2) is 9.43. The SMILES string of the molecule is COc1ccc(CN2C=C(C(=O)OCc3nc(-c4cccc(F)c4)no3)C(C)=NS2(=O)=O)cc1. The van der Waals surface area contributed by atoms with Crippen LogP contribution < -0.4 is 4.74 Å². The van der Waals surface area contributed by atoms with E-state index < -0.39 is 22.0 Å². The van der Waals surface area contributed by atoms with Gasteiger partial charge in [-0.1, -0.05) is 29.4 Å². The topological polar surface area (TPSA) is 124 Å². The molecule has 0 atom stereocenters. The molecular formula is C22H19FN4O6S. The molecule has 1 aromatic heterocycles. The lowest BCUT2D eigenvalue weighted by Gasteiger charge is -2.23. The number of carbonyl (C=O) groups is 1. The molecule has 0 aliphatic carbocycles. The van der Waals surface area contributed by atoms with Gasteiger partial charge in [0.15, 0.2) is 6.61 Å². The van der Waals surface area contributed by atoms with Crippen LogP contribution in [0, 0.1) is 5.82 Å². The first kappa shape index (κ1) is 23.1. The Morgan fingerprint density at radius 1 is 1.18 bits per heavy atom. The lowest BCUT2D eigenvalue weighted by molar-refractivity contribution is -0.140. The Morgan fingerprint density at radius 2 is 1.94 bits per heavy atom. The van der Waals surface area contributed by atoms with Gasteiger partial charge in [0.1, 0.15) is 11.6 Å². The van der Waals surface area contributed by atoms with Crippen molar-refractivity contribution in [2.75, 3.05) is 7.11 Å². The van der Waals surface area contributed by atoms with E-state index >= 15 is 0 Å². The molecular weight excluding hydrogens is 467 g/mol. The maximum Gasteiger partial charge on any atom is 0.344 e. The van der Waals surface area contributed by atoms with Crippen LogP contribution >= 0.6 is 0 Å². The van der Waals surface area contributed by atoms with Gasteiger partial charge in [0.2, 0.25) is 5.82 Å². The van der Waals surface area contributed by atoms with E-state index in [1.165, 1.54) is 38.4 Å². The maximum absolute atomic E-state index is 13.4. The van der Waals surface area contributed by atoms with Crippen molar-refractivity contribution in [2.45, 2.75) is 20.1 Å². The number of halogens is 1. The second-order valence-corrected chi connectivity index (χ2v) is 8.74. The molecule has 0 saturated carbocycles. The number of ether oxygens (including phenoxy) is 2. The minimum atomic E-state index is -4.02. The number of methoxy groups -OCH3 is 1. The van der Waals surface area contributed by atoms with Gasteiger partial charge in [-0.3, -0.25) is 4.31 Å². The summed E-state index contributed by atoms with van der Waals surface area (Å²) in [7, 11) is -2.49. The molecule has 3 aromatic rings. The van der Waals surface area contributed by atoms with Gasteiger partial charge in [-0.2, -0.15) is 13.4 Å². The van der Waals surface area contributed by atoms with Crippen LogP contribution in [-0.2, 0) is 32.9 Å². The number of benzene rings is 2. The second-order valence-electron chi connectivity index (χ2n) is 7.19. The summed E-state index contributed by atoms with van der Waals surface area (Å²) in [4.78, 5) is 16.7. The van der Waals surface area contributed by atoms with Gasteiger partial charge in [-0.25, -0.2) is 9.18 Å². The van der Waals surface area contributed by atoms with Crippen molar-refractivity contribution in [3.05, 3.63) is 77.6 Å². The average molecular weight is 486 g/mol. The number of esters is 1. The van der Waals surface area contributed by atoms with Crippen molar-refractivity contribution in [3.8, 4) is 17.1 Å². The molecule has 2 aromatic carbocycles. The number of hydrogen-bond acceptors (Lipinski definition) is 8. The highest BCUT2D eigenvalue weighted by Crippen LogP contribution is 2.22. The molecule has 176 valence electrons. The first-order valence-electron chi connectivity index (χ1n) is 9.94. The smallest absolute Gasteiger partial charge is 0.344 e. The molecule has 1 aliphatic rings. The van der Waals surface area contributed by atoms with Crippen LogP contribution in [0.3, 0.4) is 0 Å². The number of hydrogen-bond donors (Lipinski definition) is 0. The zero-order chi connectivity index (χ0) is 24.3. The van der Waals surface area contributed by atoms with E-state index in [1.807, 2.05) is 0 Å². The summed E-state index contributed by atoms with van der Waals surface area (Å²) in [5.74, 6) is -0.524. The van der Waals surface area contributed by atoms with Gasteiger partial charge in [0.25, 0.3) is 5.89 Å². The van der Waals surface area contributed by atoms with Crippen molar-refractivity contribution >= 4 is 21.9 Å². The number of nitrogens with zero attached hydrogens (tertiary/aromatic N) is 4. The number of carbonyl (C=O) groups excluding carboxylic acids is 1. The fourth-order valence-electron chi connectivity index (χ4n) is 3.08. The van der Waals surface area contributed by atoms with Crippen molar-refractivity contribution < 1.29 is 31.6 Å². The lowest BCUT2D eigenvalue weighted by atomic mass is 10.2. The van der Waals surface area contributed by atoms with E-state index in [0.29, 0.717) is 16.9 Å². The third-order valence-corrected chi connectivity index (χ3v) is 6.14. The van der Waals surface area contributed by atoms with Crippen molar-refractivity contribution in [1.82, 2.24) is 14.4 Å². The number of aromatic nitrogens is 2. The van der Waals surface area contributed by atoms with Crippen molar-refractivity contribution in [3.63, 3.8) is 0 Å². The molecule has 0 N–H and O–H groups in total. The molecule has 10 nitrogen and oxygen atoms in total. The monoisotopic (exact) mass is 486 g/mol. The summed E-state index contributed by atoms with van der Waals surface area (Å²) >= 11 is 0. The highest BCUT2D eigenvalue weighted by molar-refractivity contribution is 7.88. The van der Waals surface area contributed by atoms with Gasteiger partial charge in [0, 0.05) is 11.8 Å². The predicted molar refractivity (Wildman–Crippen MR) is 118 cm³/mol. The first-order valence-corrected chi connectivity index (χ1v) is 11.3. The minimum absolute atomic E-state index is 0.0121. The molecule has 0 radical (unpaired) electrons. The molecule has 34 heavy (non-hydrogen) atoms. The third-order valence-electron chi connectivity index (χ3n) is 4.81. The van der Waals surface area contributed by atoms with Crippen LogP contribution in [0.5, 0.6) is 5.75 Å². The van der Waals surface area contributed by atoms with Crippen LogP contribution in [-0.4, -0.2) is 41.7 Å².